The Labute approximate surface area is 192 Å². The number of para-hydroxylation sites is 2. The van der Waals surface area contributed by atoms with Crippen molar-refractivity contribution in [2.75, 3.05) is 10.0 Å². The summed E-state index contributed by atoms with van der Waals surface area (Å²) in [5.41, 5.74) is 0.762. The maximum Gasteiger partial charge on any atom is 0.276 e. The molecule has 1 amide bonds. The van der Waals surface area contributed by atoms with Crippen molar-refractivity contribution in [3.8, 4) is 5.69 Å². The first-order valence-electron chi connectivity index (χ1n) is 9.72. The third kappa shape index (κ3) is 4.91. The van der Waals surface area contributed by atoms with Crippen LogP contribution >= 0.6 is 0 Å². The fourth-order valence-electron chi connectivity index (χ4n) is 3.00. The van der Waals surface area contributed by atoms with Crippen LogP contribution in [0.1, 0.15) is 10.5 Å². The maximum atomic E-state index is 13.1. The molecule has 0 spiro atoms. The van der Waals surface area contributed by atoms with Gasteiger partial charge in [0.05, 0.1) is 26.9 Å². The lowest BCUT2D eigenvalue weighted by Gasteiger charge is -2.13. The Balaban J connectivity index is 1.52. The van der Waals surface area contributed by atoms with Crippen molar-refractivity contribution in [1.82, 2.24) is 9.78 Å². The standard InChI is InChI=1S/C22H16FN5O5S/c23-15-5-11-18(12-6-15)34(32,33)26-20-4-2-1-3-19(20)24-22(29)21-13-14-27(25-21)16-7-9-17(10-8-16)28(30)31/h1-14,26H,(H,24,29). The van der Waals surface area contributed by atoms with E-state index in [0.717, 1.165) is 24.3 Å². The lowest BCUT2D eigenvalue weighted by atomic mass is 10.2. The van der Waals surface area contributed by atoms with Crippen molar-refractivity contribution < 1.29 is 22.5 Å². The van der Waals surface area contributed by atoms with E-state index in [-0.39, 0.29) is 27.7 Å². The Morgan fingerprint density at radius 2 is 1.59 bits per heavy atom. The van der Waals surface area contributed by atoms with E-state index in [1.165, 1.54) is 53.3 Å². The number of hydrogen-bond donors (Lipinski definition) is 2. The number of nitrogens with one attached hydrogen (secondary N) is 2. The molecule has 0 atom stereocenters. The number of non-ortho nitro benzene ring substituents is 1. The molecule has 1 heterocycles. The van der Waals surface area contributed by atoms with E-state index < -0.39 is 26.7 Å². The number of nitro groups is 1. The van der Waals surface area contributed by atoms with Crippen LogP contribution in [0, 0.1) is 15.9 Å². The third-order valence-electron chi connectivity index (χ3n) is 4.69. The summed E-state index contributed by atoms with van der Waals surface area (Å²) in [7, 11) is -4.03. The Kier molecular flexibility index (Phi) is 6.06. The van der Waals surface area contributed by atoms with Gasteiger partial charge in [0, 0.05) is 18.3 Å². The Morgan fingerprint density at radius 1 is 0.941 bits per heavy atom. The van der Waals surface area contributed by atoms with Gasteiger partial charge in [0.25, 0.3) is 21.6 Å². The first-order valence-corrected chi connectivity index (χ1v) is 11.2. The van der Waals surface area contributed by atoms with Crippen LogP contribution in [-0.2, 0) is 10.0 Å². The zero-order chi connectivity index (χ0) is 24.3. The molecular weight excluding hydrogens is 465 g/mol. The second kappa shape index (κ2) is 9.11. The predicted molar refractivity (Wildman–Crippen MR) is 122 cm³/mol. The summed E-state index contributed by atoms with van der Waals surface area (Å²) in [6.45, 7) is 0. The third-order valence-corrected chi connectivity index (χ3v) is 6.07. The smallest absolute Gasteiger partial charge is 0.276 e. The summed E-state index contributed by atoms with van der Waals surface area (Å²) in [4.78, 5) is 22.9. The topological polar surface area (TPSA) is 136 Å². The van der Waals surface area contributed by atoms with E-state index in [1.807, 2.05) is 0 Å². The second-order valence-corrected chi connectivity index (χ2v) is 8.66. The zero-order valence-corrected chi connectivity index (χ0v) is 18.1. The molecule has 0 unspecified atom stereocenters. The number of nitro benzene ring substituents is 1. The van der Waals surface area contributed by atoms with Crippen LogP contribution in [0.15, 0.2) is 90.0 Å². The minimum atomic E-state index is -4.03. The molecule has 0 saturated carbocycles. The summed E-state index contributed by atoms with van der Waals surface area (Å²) in [6, 6.07) is 17.6. The van der Waals surface area contributed by atoms with Crippen LogP contribution in [0.3, 0.4) is 0 Å². The van der Waals surface area contributed by atoms with Gasteiger partial charge < -0.3 is 5.32 Å². The SMILES string of the molecule is O=C(Nc1ccccc1NS(=O)(=O)c1ccc(F)cc1)c1ccn(-c2ccc([N+](=O)[O-])cc2)n1. The van der Waals surface area contributed by atoms with Gasteiger partial charge in [-0.15, -0.1) is 0 Å². The van der Waals surface area contributed by atoms with Crippen molar-refractivity contribution in [1.29, 1.82) is 0 Å². The summed E-state index contributed by atoms with van der Waals surface area (Å²) in [5.74, 6) is -1.17. The number of nitrogens with zero attached hydrogens (tertiary/aromatic N) is 3. The van der Waals surface area contributed by atoms with E-state index in [9.17, 15) is 27.7 Å². The van der Waals surface area contributed by atoms with Crippen LogP contribution in [0.25, 0.3) is 5.69 Å². The largest absolute Gasteiger partial charge is 0.319 e. The van der Waals surface area contributed by atoms with Gasteiger partial charge in [0.15, 0.2) is 5.69 Å². The number of sulfonamides is 1. The Morgan fingerprint density at radius 3 is 2.24 bits per heavy atom. The monoisotopic (exact) mass is 481 g/mol. The number of benzene rings is 3. The van der Waals surface area contributed by atoms with Gasteiger partial charge in [-0.1, -0.05) is 12.1 Å². The van der Waals surface area contributed by atoms with Crippen LogP contribution in [0.5, 0.6) is 0 Å². The van der Waals surface area contributed by atoms with Crippen LogP contribution in [-0.4, -0.2) is 29.0 Å². The normalized spacial score (nSPS) is 11.1. The molecule has 0 aliphatic rings. The van der Waals surface area contributed by atoms with E-state index in [0.29, 0.717) is 5.69 Å². The summed E-state index contributed by atoms with van der Waals surface area (Å²) < 4.78 is 42.2. The molecule has 4 aromatic rings. The average molecular weight is 481 g/mol. The molecule has 34 heavy (non-hydrogen) atoms. The molecule has 4 rings (SSSR count). The van der Waals surface area contributed by atoms with E-state index >= 15 is 0 Å². The highest BCUT2D eigenvalue weighted by atomic mass is 32.2. The average Bonchev–Trinajstić information content (AvgIpc) is 3.31. The minimum Gasteiger partial charge on any atom is -0.319 e. The van der Waals surface area contributed by atoms with Crippen molar-refractivity contribution in [2.24, 2.45) is 0 Å². The second-order valence-electron chi connectivity index (χ2n) is 6.98. The number of halogens is 1. The van der Waals surface area contributed by atoms with Gasteiger partial charge in [0.2, 0.25) is 0 Å². The van der Waals surface area contributed by atoms with E-state index in [2.05, 4.69) is 15.1 Å². The molecule has 10 nitrogen and oxygen atoms in total. The molecule has 0 bridgehead atoms. The molecule has 0 saturated heterocycles. The van der Waals surface area contributed by atoms with Gasteiger partial charge in [-0.2, -0.15) is 5.10 Å². The molecule has 0 aliphatic carbocycles. The predicted octanol–water partition coefficient (Wildman–Crippen LogP) is 3.97. The van der Waals surface area contributed by atoms with Crippen LogP contribution < -0.4 is 10.0 Å². The quantitative estimate of drug-likeness (QED) is 0.303. The van der Waals surface area contributed by atoms with E-state index in [1.54, 1.807) is 12.1 Å². The van der Waals surface area contributed by atoms with Crippen LogP contribution in [0.4, 0.5) is 21.5 Å². The van der Waals surface area contributed by atoms with Crippen molar-refractivity contribution in [3.05, 3.63) is 107 Å². The zero-order valence-electron chi connectivity index (χ0n) is 17.3. The number of aromatic nitrogens is 2. The maximum absolute atomic E-state index is 13.1. The molecule has 2 N–H and O–H groups in total. The van der Waals surface area contributed by atoms with Gasteiger partial charge in [-0.05, 0) is 54.6 Å². The molecule has 12 heteroatoms. The Hall–Kier alpha value is -4.58. The van der Waals surface area contributed by atoms with Crippen LogP contribution in [0.2, 0.25) is 0 Å². The van der Waals surface area contributed by atoms with E-state index in [4.69, 9.17) is 0 Å². The fraction of sp³-hybridized carbons (Fsp3) is 0. The highest BCUT2D eigenvalue weighted by molar-refractivity contribution is 7.92. The Bertz CT molecular complexity index is 1470. The van der Waals surface area contributed by atoms with Gasteiger partial charge in [0.1, 0.15) is 5.82 Å². The number of rotatable bonds is 7. The molecular formula is C22H16FN5O5S. The lowest BCUT2D eigenvalue weighted by Crippen LogP contribution is -2.17. The summed E-state index contributed by atoms with van der Waals surface area (Å²) in [6.07, 6.45) is 1.51. The molecule has 0 fully saturated rings. The van der Waals surface area contributed by atoms with Gasteiger partial charge in [-0.25, -0.2) is 17.5 Å². The highest BCUT2D eigenvalue weighted by Gasteiger charge is 2.18. The van der Waals surface area contributed by atoms with Crippen molar-refractivity contribution in [2.45, 2.75) is 4.90 Å². The molecule has 0 aliphatic heterocycles. The molecule has 172 valence electrons. The fourth-order valence-corrected chi connectivity index (χ4v) is 4.08. The highest BCUT2D eigenvalue weighted by Crippen LogP contribution is 2.25. The first kappa shape index (κ1) is 22.6. The summed E-state index contributed by atoms with van der Waals surface area (Å²) >= 11 is 0. The summed E-state index contributed by atoms with van der Waals surface area (Å²) in [5, 5.41) is 17.6. The number of carbonyl (C=O) groups is 1. The molecule has 1 aromatic heterocycles. The number of carbonyl (C=O) groups excluding carboxylic acids is 1. The number of hydrogen-bond acceptors (Lipinski definition) is 6. The van der Waals surface area contributed by atoms with Crippen molar-refractivity contribution >= 4 is 33.0 Å². The van der Waals surface area contributed by atoms with Gasteiger partial charge in [-0.3, -0.25) is 19.6 Å². The lowest BCUT2D eigenvalue weighted by molar-refractivity contribution is -0.384. The number of amides is 1. The molecule has 3 aromatic carbocycles. The molecule has 0 radical (unpaired) electrons. The first-order chi connectivity index (χ1) is 16.2. The minimum absolute atomic E-state index is 0.0366. The number of anilines is 2. The van der Waals surface area contributed by atoms with Crippen molar-refractivity contribution in [3.63, 3.8) is 0 Å². The van der Waals surface area contributed by atoms with Gasteiger partial charge >= 0.3 is 0 Å².